The molecule has 1 aliphatic carbocycles. The number of anilines is 1. The normalized spacial score (nSPS) is 17.4. The number of nitrogens with zero attached hydrogens (tertiary/aromatic N) is 3. The summed E-state index contributed by atoms with van der Waals surface area (Å²) >= 11 is 1.62. The Balaban J connectivity index is 1.31. The maximum absolute atomic E-state index is 13.3. The number of hydrogen-bond donors (Lipinski definition) is 2. The van der Waals surface area contributed by atoms with E-state index in [0.29, 0.717) is 47.7 Å². The van der Waals surface area contributed by atoms with Crippen molar-refractivity contribution in [2.75, 3.05) is 24.7 Å². The van der Waals surface area contributed by atoms with Crippen molar-refractivity contribution in [3.8, 4) is 0 Å². The van der Waals surface area contributed by atoms with Gasteiger partial charge in [-0.1, -0.05) is 0 Å². The van der Waals surface area contributed by atoms with E-state index in [1.54, 1.807) is 39.4 Å². The Kier molecular flexibility index (Phi) is 7.83. The van der Waals surface area contributed by atoms with Crippen LogP contribution in [-0.4, -0.2) is 51.4 Å². The maximum Gasteiger partial charge on any atom is 0.331 e. The van der Waals surface area contributed by atoms with Crippen LogP contribution in [0.1, 0.15) is 55.9 Å². The van der Waals surface area contributed by atoms with E-state index in [-0.39, 0.29) is 35.3 Å². The molecule has 2 aliphatic rings. The molecule has 0 radical (unpaired) electrons. The number of fused-ring (bicyclic) bond motifs is 1. The molecule has 3 aromatic rings. The van der Waals surface area contributed by atoms with Gasteiger partial charge in [0.05, 0.1) is 10.9 Å². The highest BCUT2D eigenvalue weighted by Gasteiger charge is 2.27. The second-order valence-electron chi connectivity index (χ2n) is 10.8. The number of aromatic nitrogens is 2. The Labute approximate surface area is 231 Å². The van der Waals surface area contributed by atoms with E-state index in [0.717, 1.165) is 30.6 Å². The summed E-state index contributed by atoms with van der Waals surface area (Å²) in [6.07, 6.45) is 5.62. The summed E-state index contributed by atoms with van der Waals surface area (Å²) < 4.78 is 3.00. The minimum absolute atomic E-state index is 0.115. The second-order valence-corrected chi connectivity index (χ2v) is 11.6. The number of benzene rings is 2. The van der Waals surface area contributed by atoms with Gasteiger partial charge in [0, 0.05) is 47.9 Å². The van der Waals surface area contributed by atoms with Crippen LogP contribution in [0.15, 0.2) is 56.9 Å². The predicted octanol–water partition coefficient (Wildman–Crippen LogP) is 4.30. The van der Waals surface area contributed by atoms with E-state index in [4.69, 9.17) is 0 Å². The molecule has 1 atom stereocenters. The average molecular weight is 550 g/mol. The van der Waals surface area contributed by atoms with Gasteiger partial charge in [0.15, 0.2) is 0 Å². The average Bonchev–Trinajstić information content (AvgIpc) is 3.76. The van der Waals surface area contributed by atoms with Crippen LogP contribution >= 0.6 is 11.8 Å². The Morgan fingerprint density at radius 2 is 1.79 bits per heavy atom. The fourth-order valence-electron chi connectivity index (χ4n) is 5.17. The highest BCUT2D eigenvalue weighted by Crippen LogP contribution is 2.30. The van der Waals surface area contributed by atoms with Crippen molar-refractivity contribution in [3.05, 3.63) is 68.9 Å². The van der Waals surface area contributed by atoms with Crippen LogP contribution in [0.25, 0.3) is 10.9 Å². The number of likely N-dealkylation sites (tertiary alicyclic amines) is 1. The third kappa shape index (κ3) is 5.90. The third-order valence-electron chi connectivity index (χ3n) is 7.47. The van der Waals surface area contributed by atoms with E-state index in [2.05, 4.69) is 10.6 Å². The number of urea groups is 1. The Morgan fingerprint density at radius 3 is 2.46 bits per heavy atom. The van der Waals surface area contributed by atoms with Crippen molar-refractivity contribution in [3.63, 3.8) is 0 Å². The SMILES string of the molecule is CSc1ccc(C(=O)NC2CCCN(C(=O)Nc3ccc4c(c3)c(=O)n(CC3CC3)c(=O)n4C(C)C)C2)cc1. The molecule has 1 aliphatic heterocycles. The quantitative estimate of drug-likeness (QED) is 0.428. The lowest BCUT2D eigenvalue weighted by Gasteiger charge is -2.33. The fourth-order valence-corrected chi connectivity index (χ4v) is 5.58. The van der Waals surface area contributed by atoms with Crippen molar-refractivity contribution >= 4 is 40.3 Å². The molecule has 0 bridgehead atoms. The Hall–Kier alpha value is -3.53. The predicted molar refractivity (Wildman–Crippen MR) is 155 cm³/mol. The van der Waals surface area contributed by atoms with Gasteiger partial charge in [-0.3, -0.25) is 18.7 Å². The number of carbonyl (C=O) groups is 2. The van der Waals surface area contributed by atoms with E-state index in [1.165, 1.54) is 4.57 Å². The zero-order valence-electron chi connectivity index (χ0n) is 22.6. The molecule has 10 heteroatoms. The largest absolute Gasteiger partial charge is 0.348 e. The first kappa shape index (κ1) is 27.1. The van der Waals surface area contributed by atoms with Crippen LogP contribution in [0, 0.1) is 5.92 Å². The number of hydrogen-bond acceptors (Lipinski definition) is 5. The molecule has 1 saturated heterocycles. The van der Waals surface area contributed by atoms with Gasteiger partial charge in [0.25, 0.3) is 11.5 Å². The van der Waals surface area contributed by atoms with Crippen LogP contribution in [-0.2, 0) is 6.54 Å². The van der Waals surface area contributed by atoms with Crippen LogP contribution in [0.3, 0.4) is 0 Å². The van der Waals surface area contributed by atoms with Crippen LogP contribution in [0.5, 0.6) is 0 Å². The molecule has 1 saturated carbocycles. The summed E-state index contributed by atoms with van der Waals surface area (Å²) in [4.78, 5) is 55.1. The van der Waals surface area contributed by atoms with Crippen molar-refractivity contribution in [2.45, 2.75) is 63.1 Å². The van der Waals surface area contributed by atoms with Gasteiger partial charge in [-0.15, -0.1) is 11.8 Å². The number of piperidine rings is 1. The molecule has 9 nitrogen and oxygen atoms in total. The zero-order valence-corrected chi connectivity index (χ0v) is 23.4. The van der Waals surface area contributed by atoms with Crippen molar-refractivity contribution in [2.24, 2.45) is 5.92 Å². The van der Waals surface area contributed by atoms with Gasteiger partial charge >= 0.3 is 11.7 Å². The summed E-state index contributed by atoms with van der Waals surface area (Å²) in [7, 11) is 0. The fraction of sp³-hybridized carbons (Fsp3) is 0.448. The summed E-state index contributed by atoms with van der Waals surface area (Å²) in [6.45, 7) is 5.25. The van der Waals surface area contributed by atoms with Gasteiger partial charge in [-0.2, -0.15) is 0 Å². The van der Waals surface area contributed by atoms with Gasteiger partial charge in [-0.05, 0) is 94.2 Å². The molecule has 5 rings (SSSR count). The molecule has 0 spiro atoms. The summed E-state index contributed by atoms with van der Waals surface area (Å²) in [6, 6.07) is 12.0. The van der Waals surface area contributed by atoms with E-state index in [9.17, 15) is 19.2 Å². The first-order chi connectivity index (χ1) is 18.7. The van der Waals surface area contributed by atoms with E-state index < -0.39 is 0 Å². The van der Waals surface area contributed by atoms with Crippen LogP contribution < -0.4 is 21.9 Å². The van der Waals surface area contributed by atoms with Crippen molar-refractivity contribution in [1.82, 2.24) is 19.4 Å². The number of nitrogens with one attached hydrogen (secondary N) is 2. The maximum atomic E-state index is 13.3. The molecule has 206 valence electrons. The highest BCUT2D eigenvalue weighted by atomic mass is 32.2. The summed E-state index contributed by atoms with van der Waals surface area (Å²) in [5.74, 6) is 0.224. The number of carbonyl (C=O) groups excluding carboxylic acids is 2. The lowest BCUT2D eigenvalue weighted by atomic mass is 10.1. The molecule has 2 N–H and O–H groups in total. The van der Waals surface area contributed by atoms with Gasteiger partial charge in [-0.25, -0.2) is 9.59 Å². The van der Waals surface area contributed by atoms with E-state index >= 15 is 0 Å². The van der Waals surface area contributed by atoms with Crippen LogP contribution in [0.4, 0.5) is 10.5 Å². The first-order valence-corrected chi connectivity index (χ1v) is 14.8. The summed E-state index contributed by atoms with van der Waals surface area (Å²) in [5, 5.41) is 6.39. The van der Waals surface area contributed by atoms with Crippen LogP contribution in [0.2, 0.25) is 0 Å². The molecule has 2 fully saturated rings. The van der Waals surface area contributed by atoms with Crippen molar-refractivity contribution in [1.29, 1.82) is 0 Å². The molecule has 1 unspecified atom stereocenters. The second kappa shape index (κ2) is 11.3. The lowest BCUT2D eigenvalue weighted by Crippen LogP contribution is -2.50. The summed E-state index contributed by atoms with van der Waals surface area (Å²) in [5.41, 5.74) is 1.06. The topological polar surface area (TPSA) is 105 Å². The Bertz CT molecular complexity index is 1510. The van der Waals surface area contributed by atoms with Gasteiger partial charge < -0.3 is 15.5 Å². The number of thioether (sulfide) groups is 1. The molecule has 1 aromatic heterocycles. The number of rotatable bonds is 7. The molecule has 39 heavy (non-hydrogen) atoms. The lowest BCUT2D eigenvalue weighted by molar-refractivity contribution is 0.0913. The molecule has 2 heterocycles. The number of amides is 3. The Morgan fingerprint density at radius 1 is 1.05 bits per heavy atom. The molecular formula is C29H35N5O4S. The third-order valence-corrected chi connectivity index (χ3v) is 8.21. The molecule has 3 amide bonds. The van der Waals surface area contributed by atoms with Gasteiger partial charge in [0.2, 0.25) is 0 Å². The minimum atomic E-state index is -0.318. The smallest absolute Gasteiger partial charge is 0.331 e. The molecular weight excluding hydrogens is 514 g/mol. The van der Waals surface area contributed by atoms with Crippen molar-refractivity contribution < 1.29 is 9.59 Å². The first-order valence-electron chi connectivity index (χ1n) is 13.5. The van der Waals surface area contributed by atoms with Gasteiger partial charge in [0.1, 0.15) is 0 Å². The minimum Gasteiger partial charge on any atom is -0.348 e. The molecule has 2 aromatic carbocycles. The highest BCUT2D eigenvalue weighted by molar-refractivity contribution is 7.98. The zero-order chi connectivity index (χ0) is 27.7. The van der Waals surface area contributed by atoms with E-state index in [1.807, 2.05) is 44.4 Å². The monoisotopic (exact) mass is 549 g/mol. The standard InChI is InChI=1S/C29H35N5O4S/c1-18(2)34-25-13-10-21(15-24(25)27(36)33(29(34)38)16-19-6-7-19)31-28(37)32-14-4-5-22(17-32)30-26(35)20-8-11-23(39-3)12-9-20/h8-13,15,18-19,22H,4-7,14,16-17H2,1-3H3,(H,30,35)(H,31,37).